The Morgan fingerprint density at radius 2 is 2.11 bits per heavy atom. The van der Waals surface area contributed by atoms with E-state index in [0.29, 0.717) is 0 Å². The van der Waals surface area contributed by atoms with E-state index in [9.17, 15) is 4.21 Å². The Labute approximate surface area is 121 Å². The lowest BCUT2D eigenvalue weighted by Crippen LogP contribution is -2.37. The first kappa shape index (κ1) is 15.8. The first-order valence-electron chi connectivity index (χ1n) is 6.03. The van der Waals surface area contributed by atoms with Gasteiger partial charge in [-0.1, -0.05) is 6.92 Å². The van der Waals surface area contributed by atoms with Crippen LogP contribution in [0.4, 0.5) is 0 Å². The number of aromatic nitrogens is 1. The van der Waals surface area contributed by atoms with Crippen molar-refractivity contribution in [3.05, 3.63) is 28.5 Å². The van der Waals surface area contributed by atoms with E-state index >= 15 is 0 Å². The van der Waals surface area contributed by atoms with Gasteiger partial charge in [-0.15, -0.1) is 0 Å². The second kappa shape index (κ2) is 6.26. The van der Waals surface area contributed by atoms with Crippen molar-refractivity contribution in [2.24, 2.45) is 0 Å². The van der Waals surface area contributed by atoms with Crippen LogP contribution in [-0.2, 0) is 11.0 Å². The van der Waals surface area contributed by atoms with E-state index in [1.54, 1.807) is 6.20 Å². The van der Waals surface area contributed by atoms with E-state index in [4.69, 9.17) is 0 Å². The van der Waals surface area contributed by atoms with Crippen molar-refractivity contribution in [1.29, 1.82) is 0 Å². The third kappa shape index (κ3) is 3.87. The zero-order chi connectivity index (χ0) is 13.9. The lowest BCUT2D eigenvalue weighted by molar-refractivity contribution is 0.381. The molecule has 0 saturated heterocycles. The normalized spacial score (nSPS) is 15.7. The molecule has 0 unspecified atom stereocenters. The van der Waals surface area contributed by atoms with Crippen LogP contribution in [0.5, 0.6) is 0 Å². The molecule has 18 heavy (non-hydrogen) atoms. The third-order valence-electron chi connectivity index (χ3n) is 2.75. The van der Waals surface area contributed by atoms with Gasteiger partial charge in [0.25, 0.3) is 0 Å². The van der Waals surface area contributed by atoms with Gasteiger partial charge in [0, 0.05) is 19.3 Å². The summed E-state index contributed by atoms with van der Waals surface area (Å²) in [6.07, 6.45) is 2.69. The Morgan fingerprint density at radius 3 is 2.56 bits per heavy atom. The zero-order valence-corrected chi connectivity index (χ0v) is 14.0. The summed E-state index contributed by atoms with van der Waals surface area (Å²) >= 11 is 3.38. The molecule has 102 valence electrons. The first-order chi connectivity index (χ1) is 8.27. The van der Waals surface area contributed by atoms with E-state index in [1.165, 1.54) is 0 Å². The second-order valence-electron chi connectivity index (χ2n) is 5.24. The van der Waals surface area contributed by atoms with Crippen LogP contribution >= 0.6 is 15.9 Å². The number of pyridine rings is 1. The Hall–Kier alpha value is -0.260. The number of hydrogen-bond acceptors (Lipinski definition) is 2. The van der Waals surface area contributed by atoms with Crippen molar-refractivity contribution in [2.45, 2.75) is 44.9 Å². The van der Waals surface area contributed by atoms with Crippen LogP contribution in [0.2, 0.25) is 0 Å². The van der Waals surface area contributed by atoms with Crippen LogP contribution in [0, 0.1) is 0 Å². The molecule has 0 N–H and O–H groups in total. The van der Waals surface area contributed by atoms with Crippen LogP contribution < -0.4 is 0 Å². The smallest absolute Gasteiger partial charge is 0.106 e. The monoisotopic (exact) mass is 332 g/mol. The molecule has 0 spiro atoms. The van der Waals surface area contributed by atoms with Crippen LogP contribution in [0.25, 0.3) is 0 Å². The van der Waals surface area contributed by atoms with Gasteiger partial charge in [0.05, 0.1) is 4.75 Å². The first-order valence-corrected chi connectivity index (χ1v) is 7.93. The molecule has 0 aliphatic rings. The molecular formula is C13H21BrN2OS. The van der Waals surface area contributed by atoms with Gasteiger partial charge in [-0.05, 0) is 60.8 Å². The zero-order valence-electron chi connectivity index (χ0n) is 11.6. The molecule has 0 bridgehead atoms. The molecular weight excluding hydrogens is 312 g/mol. The Kier molecular flexibility index (Phi) is 5.49. The summed E-state index contributed by atoms with van der Waals surface area (Å²) in [6.45, 7) is 8.09. The highest BCUT2D eigenvalue weighted by Gasteiger charge is 2.28. The summed E-state index contributed by atoms with van der Waals surface area (Å²) < 4.78 is 14.9. The Bertz CT molecular complexity index is 431. The lowest BCUT2D eigenvalue weighted by Gasteiger charge is -2.32. The molecule has 0 saturated carbocycles. The highest BCUT2D eigenvalue weighted by molar-refractivity contribution is 9.10. The van der Waals surface area contributed by atoms with Gasteiger partial charge in [-0.3, -0.25) is 0 Å². The SMILES string of the molecule is CC[C@H](c1ccnc(Br)c1)N(C)[S@@](=O)C(C)(C)C. The summed E-state index contributed by atoms with van der Waals surface area (Å²) in [5.41, 5.74) is 1.14. The maximum Gasteiger partial charge on any atom is 0.106 e. The molecule has 0 aromatic carbocycles. The molecule has 1 heterocycles. The van der Waals surface area contributed by atoms with Crippen molar-refractivity contribution < 1.29 is 4.21 Å². The van der Waals surface area contributed by atoms with Crippen LogP contribution in [-0.4, -0.2) is 25.3 Å². The molecule has 0 fully saturated rings. The van der Waals surface area contributed by atoms with E-state index in [0.717, 1.165) is 16.6 Å². The minimum atomic E-state index is -1.02. The topological polar surface area (TPSA) is 33.2 Å². The van der Waals surface area contributed by atoms with Gasteiger partial charge in [0.2, 0.25) is 0 Å². The van der Waals surface area contributed by atoms with E-state index in [-0.39, 0.29) is 10.8 Å². The third-order valence-corrected chi connectivity index (χ3v) is 5.01. The van der Waals surface area contributed by atoms with Crippen molar-refractivity contribution >= 4 is 26.9 Å². The molecule has 3 nitrogen and oxygen atoms in total. The number of rotatable bonds is 4. The highest BCUT2D eigenvalue weighted by atomic mass is 79.9. The van der Waals surface area contributed by atoms with Gasteiger partial charge in [0.15, 0.2) is 0 Å². The van der Waals surface area contributed by atoms with Crippen molar-refractivity contribution in [3.63, 3.8) is 0 Å². The van der Waals surface area contributed by atoms with Gasteiger partial charge >= 0.3 is 0 Å². The molecule has 1 aromatic rings. The van der Waals surface area contributed by atoms with Crippen LogP contribution in [0.15, 0.2) is 22.9 Å². The average Bonchev–Trinajstić information content (AvgIpc) is 2.27. The van der Waals surface area contributed by atoms with Crippen LogP contribution in [0.3, 0.4) is 0 Å². The van der Waals surface area contributed by atoms with Gasteiger partial charge in [0.1, 0.15) is 15.6 Å². The van der Waals surface area contributed by atoms with Gasteiger partial charge in [-0.2, -0.15) is 0 Å². The van der Waals surface area contributed by atoms with Crippen molar-refractivity contribution in [2.75, 3.05) is 7.05 Å². The molecule has 0 aliphatic carbocycles. The second-order valence-corrected chi connectivity index (χ2v) is 8.36. The number of hydrogen-bond donors (Lipinski definition) is 0. The van der Waals surface area contributed by atoms with E-state index < -0.39 is 11.0 Å². The largest absolute Gasteiger partial charge is 0.249 e. The predicted octanol–water partition coefficient (Wildman–Crippen LogP) is 3.69. The fraction of sp³-hybridized carbons (Fsp3) is 0.615. The molecule has 0 radical (unpaired) electrons. The Balaban J connectivity index is 3.00. The summed E-state index contributed by atoms with van der Waals surface area (Å²) in [5.74, 6) is 0. The minimum absolute atomic E-state index is 0.143. The maximum absolute atomic E-state index is 12.4. The molecule has 5 heteroatoms. The van der Waals surface area contributed by atoms with Crippen molar-refractivity contribution in [3.8, 4) is 0 Å². The van der Waals surface area contributed by atoms with Gasteiger partial charge < -0.3 is 0 Å². The molecule has 2 atom stereocenters. The standard InChI is InChI=1S/C13H21BrN2OS/c1-6-11(10-7-8-15-12(14)9-10)16(5)18(17)13(2,3)4/h7-9,11H,6H2,1-5H3/t11-,18+/m1/s1. The Morgan fingerprint density at radius 1 is 1.50 bits per heavy atom. The molecule has 0 amide bonds. The average molecular weight is 333 g/mol. The minimum Gasteiger partial charge on any atom is -0.249 e. The lowest BCUT2D eigenvalue weighted by atomic mass is 10.1. The summed E-state index contributed by atoms with van der Waals surface area (Å²) in [7, 11) is 0.899. The molecule has 0 aliphatic heterocycles. The predicted molar refractivity (Wildman–Crippen MR) is 80.6 cm³/mol. The van der Waals surface area contributed by atoms with Gasteiger partial charge in [-0.25, -0.2) is 13.5 Å². The summed E-state index contributed by atoms with van der Waals surface area (Å²) in [5, 5.41) is 0. The fourth-order valence-electron chi connectivity index (χ4n) is 1.87. The van der Waals surface area contributed by atoms with E-state index in [2.05, 4.69) is 27.8 Å². The summed E-state index contributed by atoms with van der Waals surface area (Å²) in [4.78, 5) is 4.13. The molecule has 1 aromatic heterocycles. The van der Waals surface area contributed by atoms with Crippen LogP contribution in [0.1, 0.15) is 45.7 Å². The van der Waals surface area contributed by atoms with E-state index in [1.807, 2.05) is 44.3 Å². The highest BCUT2D eigenvalue weighted by Crippen LogP contribution is 2.28. The summed E-state index contributed by atoms with van der Waals surface area (Å²) in [6, 6.07) is 4.11. The van der Waals surface area contributed by atoms with Crippen molar-refractivity contribution in [1.82, 2.24) is 9.29 Å². The number of halogens is 1. The fourth-order valence-corrected chi connectivity index (χ4v) is 3.62. The quantitative estimate of drug-likeness (QED) is 0.788. The maximum atomic E-state index is 12.4. The molecule has 1 rings (SSSR count). The number of nitrogens with zero attached hydrogens (tertiary/aromatic N) is 2.